The molecule has 0 aliphatic carbocycles. The van der Waals surface area contributed by atoms with Crippen LogP contribution in [0.15, 0.2) is 76.3 Å². The van der Waals surface area contributed by atoms with Crippen LogP contribution in [-0.2, 0) is 0 Å². The van der Waals surface area contributed by atoms with Crippen molar-refractivity contribution in [3.05, 3.63) is 93.7 Å². The minimum Gasteiger partial charge on any atom is -0.496 e. The number of hydrogen-bond donors (Lipinski definition) is 1. The highest BCUT2D eigenvalue weighted by atomic mass is 79.9. The molecule has 4 aromatic rings. The lowest BCUT2D eigenvalue weighted by molar-refractivity contribution is 0.0952. The van der Waals surface area contributed by atoms with E-state index in [2.05, 4.69) is 37.1 Å². The Morgan fingerprint density at radius 2 is 1.71 bits per heavy atom. The van der Waals surface area contributed by atoms with Crippen molar-refractivity contribution in [1.29, 1.82) is 0 Å². The number of carbonyl (C=O) groups excluding carboxylic acids is 1. The Morgan fingerprint density at radius 1 is 1.03 bits per heavy atom. The molecular weight excluding hydrogens is 454 g/mol. The first-order chi connectivity index (χ1) is 15.0. The molecule has 0 atom stereocenters. The smallest absolute Gasteiger partial charge is 0.275 e. The summed E-state index contributed by atoms with van der Waals surface area (Å²) in [7, 11) is 1.56. The molecule has 0 saturated heterocycles. The van der Waals surface area contributed by atoms with Gasteiger partial charge in [-0.2, -0.15) is 5.10 Å². The number of fused-ring (bicyclic) bond motifs is 1. The lowest BCUT2D eigenvalue weighted by Crippen LogP contribution is -2.18. The maximum atomic E-state index is 12.8. The van der Waals surface area contributed by atoms with E-state index >= 15 is 0 Å². The number of methoxy groups -OCH3 is 1. The molecule has 0 aliphatic rings. The number of ether oxygens (including phenoxy) is 1. The second-order valence-electron chi connectivity index (χ2n) is 7.21. The monoisotopic (exact) mass is 475 g/mol. The van der Waals surface area contributed by atoms with E-state index in [1.807, 2.05) is 74.5 Å². The van der Waals surface area contributed by atoms with E-state index in [4.69, 9.17) is 4.74 Å². The van der Waals surface area contributed by atoms with Gasteiger partial charge in [0.25, 0.3) is 5.91 Å². The Kier molecular flexibility index (Phi) is 5.91. The number of para-hydroxylation sites is 1. The maximum Gasteiger partial charge on any atom is 0.275 e. The highest BCUT2D eigenvalue weighted by Gasteiger charge is 2.14. The molecule has 0 unspecified atom stereocenters. The largest absolute Gasteiger partial charge is 0.496 e. The first-order valence-electron chi connectivity index (χ1n) is 9.83. The summed E-state index contributed by atoms with van der Waals surface area (Å²) in [6.45, 7) is 4.07. The third-order valence-corrected chi connectivity index (χ3v) is 5.92. The van der Waals surface area contributed by atoms with E-state index in [9.17, 15) is 4.79 Å². The molecule has 3 aromatic carbocycles. The molecule has 1 amide bonds. The van der Waals surface area contributed by atoms with Gasteiger partial charge in [0.05, 0.1) is 24.6 Å². The Morgan fingerprint density at radius 3 is 2.42 bits per heavy atom. The maximum absolute atomic E-state index is 12.8. The zero-order valence-electron chi connectivity index (χ0n) is 17.5. The number of amides is 1. The molecule has 1 aromatic heterocycles. The summed E-state index contributed by atoms with van der Waals surface area (Å²) >= 11 is 3.62. The predicted molar refractivity (Wildman–Crippen MR) is 129 cm³/mol. The fraction of sp³-hybridized carbons (Fsp3) is 0.120. The van der Waals surface area contributed by atoms with Gasteiger partial charge in [-0.25, -0.2) is 5.43 Å². The summed E-state index contributed by atoms with van der Waals surface area (Å²) in [4.78, 5) is 12.8. The van der Waals surface area contributed by atoms with Crippen molar-refractivity contribution >= 4 is 38.8 Å². The number of hydrazone groups is 1. The molecule has 1 heterocycles. The number of hydrogen-bond acceptors (Lipinski definition) is 3. The third-order valence-electron chi connectivity index (χ3n) is 5.25. The summed E-state index contributed by atoms with van der Waals surface area (Å²) in [5.41, 5.74) is 7.17. The van der Waals surface area contributed by atoms with Gasteiger partial charge in [0, 0.05) is 21.4 Å². The van der Waals surface area contributed by atoms with Crippen LogP contribution >= 0.6 is 15.9 Å². The lowest BCUT2D eigenvalue weighted by atomic mass is 10.1. The van der Waals surface area contributed by atoms with Crippen molar-refractivity contribution in [2.45, 2.75) is 13.8 Å². The number of aryl methyl sites for hydroxylation is 1. The van der Waals surface area contributed by atoms with Gasteiger partial charge in [-0.3, -0.25) is 4.79 Å². The second-order valence-corrected chi connectivity index (χ2v) is 8.07. The highest BCUT2D eigenvalue weighted by molar-refractivity contribution is 9.10. The van der Waals surface area contributed by atoms with Crippen LogP contribution in [0.4, 0.5) is 0 Å². The van der Waals surface area contributed by atoms with E-state index in [1.165, 1.54) is 0 Å². The Labute approximate surface area is 189 Å². The predicted octanol–water partition coefficient (Wildman–Crippen LogP) is 5.78. The molecule has 0 radical (unpaired) electrons. The number of aromatic nitrogens is 1. The van der Waals surface area contributed by atoms with E-state index < -0.39 is 0 Å². The van der Waals surface area contributed by atoms with E-state index in [0.29, 0.717) is 11.3 Å². The van der Waals surface area contributed by atoms with Crippen molar-refractivity contribution < 1.29 is 9.53 Å². The quantitative estimate of drug-likeness (QED) is 0.293. The van der Waals surface area contributed by atoms with Gasteiger partial charge in [-0.15, -0.1) is 0 Å². The molecule has 0 saturated carbocycles. The number of carbonyl (C=O) groups is 1. The molecule has 0 aliphatic heterocycles. The number of halogens is 1. The van der Waals surface area contributed by atoms with Crippen LogP contribution in [0, 0.1) is 13.8 Å². The Bertz CT molecular complexity index is 1310. The lowest BCUT2D eigenvalue weighted by Gasteiger charge is -2.11. The van der Waals surface area contributed by atoms with Crippen molar-refractivity contribution in [3.8, 4) is 11.4 Å². The Balaban J connectivity index is 1.58. The topological polar surface area (TPSA) is 55.6 Å². The van der Waals surface area contributed by atoms with Crippen LogP contribution in [0.1, 0.15) is 27.3 Å². The molecule has 31 heavy (non-hydrogen) atoms. The average molecular weight is 476 g/mol. The van der Waals surface area contributed by atoms with Crippen LogP contribution in [0.5, 0.6) is 5.75 Å². The molecule has 4 rings (SSSR count). The number of benzene rings is 3. The van der Waals surface area contributed by atoms with Crippen molar-refractivity contribution in [3.63, 3.8) is 0 Å². The second kappa shape index (κ2) is 8.78. The van der Waals surface area contributed by atoms with Crippen LogP contribution < -0.4 is 10.2 Å². The molecule has 0 fully saturated rings. The van der Waals surface area contributed by atoms with Crippen molar-refractivity contribution in [1.82, 2.24) is 9.99 Å². The number of nitrogens with zero attached hydrogens (tertiary/aromatic N) is 2. The summed E-state index contributed by atoms with van der Waals surface area (Å²) in [5.74, 6) is 0.192. The van der Waals surface area contributed by atoms with Crippen molar-refractivity contribution in [2.24, 2.45) is 5.10 Å². The summed E-state index contributed by atoms with van der Waals surface area (Å²) in [5, 5.41) is 6.18. The molecular formula is C25H22BrN3O2. The fourth-order valence-electron chi connectivity index (χ4n) is 3.71. The minimum absolute atomic E-state index is 0.321. The van der Waals surface area contributed by atoms with Crippen molar-refractivity contribution in [2.75, 3.05) is 7.11 Å². The normalized spacial score (nSPS) is 11.2. The zero-order valence-corrected chi connectivity index (χ0v) is 19.1. The summed E-state index contributed by atoms with van der Waals surface area (Å²) in [6, 6.07) is 21.6. The summed E-state index contributed by atoms with van der Waals surface area (Å²) < 4.78 is 8.58. The zero-order chi connectivity index (χ0) is 22.0. The molecule has 0 bridgehead atoms. The highest BCUT2D eigenvalue weighted by Crippen LogP contribution is 2.27. The first kappa shape index (κ1) is 20.9. The molecule has 6 heteroatoms. The standard InChI is InChI=1S/C25H22BrN3O2/c1-16-12-20(17(2)29(16)23-11-7-6-10-22(23)26)15-27-28-25(30)21-13-18-8-4-5-9-19(18)14-24(21)31-3/h4-15H,1-3H3,(H,28,30)/b27-15-. The van der Waals surface area contributed by atoms with Gasteiger partial charge in [0.15, 0.2) is 0 Å². The number of nitrogens with one attached hydrogen (secondary N) is 1. The van der Waals surface area contributed by atoms with Crippen LogP contribution in [0.2, 0.25) is 0 Å². The van der Waals surface area contributed by atoms with Gasteiger partial charge >= 0.3 is 0 Å². The molecule has 1 N–H and O–H groups in total. The summed E-state index contributed by atoms with van der Waals surface area (Å²) in [6.07, 6.45) is 1.67. The van der Waals surface area contributed by atoms with Gasteiger partial charge in [-0.1, -0.05) is 36.4 Å². The van der Waals surface area contributed by atoms with Gasteiger partial charge in [0.1, 0.15) is 5.75 Å². The Hall–Kier alpha value is -3.38. The van der Waals surface area contributed by atoms with Crippen LogP contribution in [0.3, 0.4) is 0 Å². The molecule has 156 valence electrons. The molecule has 5 nitrogen and oxygen atoms in total. The first-order valence-corrected chi connectivity index (χ1v) is 10.6. The number of rotatable bonds is 5. The van der Waals surface area contributed by atoms with E-state index in [-0.39, 0.29) is 5.91 Å². The third kappa shape index (κ3) is 4.11. The van der Waals surface area contributed by atoms with Crippen LogP contribution in [0.25, 0.3) is 16.5 Å². The fourth-order valence-corrected chi connectivity index (χ4v) is 4.17. The van der Waals surface area contributed by atoms with Gasteiger partial charge in [-0.05, 0) is 70.9 Å². The van der Waals surface area contributed by atoms with Gasteiger partial charge < -0.3 is 9.30 Å². The minimum atomic E-state index is -0.321. The van der Waals surface area contributed by atoms with Gasteiger partial charge in [0.2, 0.25) is 0 Å². The molecule has 0 spiro atoms. The van der Waals surface area contributed by atoms with E-state index in [1.54, 1.807) is 13.3 Å². The SMILES string of the molecule is COc1cc2ccccc2cc1C(=O)N/N=C\c1cc(C)n(-c2ccccc2Br)c1C. The van der Waals surface area contributed by atoms with Crippen LogP contribution in [-0.4, -0.2) is 23.8 Å². The average Bonchev–Trinajstić information content (AvgIpc) is 3.06. The van der Waals surface area contributed by atoms with E-state index in [0.717, 1.165) is 37.9 Å².